The van der Waals surface area contributed by atoms with Crippen LogP contribution in [-0.4, -0.2) is 48.4 Å². The number of aliphatic hydroxyl groups is 1. The molecular weight excluding hydrogens is 280 g/mol. The Hall–Kier alpha value is -0.790. The van der Waals surface area contributed by atoms with Crippen molar-refractivity contribution in [2.24, 2.45) is 0 Å². The fourth-order valence-electron chi connectivity index (χ4n) is 1.84. The lowest BCUT2D eigenvalue weighted by atomic mass is 10.3. The Balaban J connectivity index is 1.89. The molecule has 19 heavy (non-hydrogen) atoms. The van der Waals surface area contributed by atoms with Crippen LogP contribution in [0.2, 0.25) is 0 Å². The third-order valence-corrected chi connectivity index (χ3v) is 4.53. The molecule has 1 unspecified atom stereocenters. The van der Waals surface area contributed by atoms with Crippen molar-refractivity contribution in [1.82, 2.24) is 9.88 Å². The van der Waals surface area contributed by atoms with Crippen LogP contribution in [0.4, 0.5) is 0 Å². The van der Waals surface area contributed by atoms with Crippen molar-refractivity contribution in [2.75, 3.05) is 27.3 Å². The van der Waals surface area contributed by atoms with Gasteiger partial charge in [-0.25, -0.2) is 4.98 Å². The van der Waals surface area contributed by atoms with Crippen molar-refractivity contribution in [2.45, 2.75) is 12.6 Å². The molecule has 0 radical (unpaired) electrons. The van der Waals surface area contributed by atoms with Gasteiger partial charge in [0.25, 0.3) is 0 Å². The Kier molecular flexibility index (Phi) is 5.47. The number of likely N-dealkylation sites (N-methyl/N-ethyl adjacent to an activating group) is 1. The summed E-state index contributed by atoms with van der Waals surface area (Å²) in [5.74, 6) is 0. The van der Waals surface area contributed by atoms with Crippen molar-refractivity contribution in [3.8, 4) is 9.88 Å². The van der Waals surface area contributed by atoms with E-state index in [1.54, 1.807) is 29.8 Å². The summed E-state index contributed by atoms with van der Waals surface area (Å²) in [7, 11) is 3.57. The van der Waals surface area contributed by atoms with E-state index in [0.717, 1.165) is 17.2 Å². The summed E-state index contributed by atoms with van der Waals surface area (Å²) in [6.07, 6.45) is -0.453. The molecule has 4 nitrogen and oxygen atoms in total. The van der Waals surface area contributed by atoms with Crippen molar-refractivity contribution in [3.63, 3.8) is 0 Å². The number of thiazole rings is 1. The van der Waals surface area contributed by atoms with Crippen LogP contribution in [-0.2, 0) is 11.3 Å². The van der Waals surface area contributed by atoms with Gasteiger partial charge in [0.2, 0.25) is 0 Å². The van der Waals surface area contributed by atoms with Gasteiger partial charge in [0, 0.05) is 25.6 Å². The summed E-state index contributed by atoms with van der Waals surface area (Å²) in [5.41, 5.74) is 1.04. The third kappa shape index (κ3) is 4.36. The number of thiophene rings is 1. The number of methoxy groups -OCH3 is 1. The van der Waals surface area contributed by atoms with Gasteiger partial charge in [0.15, 0.2) is 0 Å². The van der Waals surface area contributed by atoms with Crippen LogP contribution in [0.1, 0.15) is 5.69 Å². The average molecular weight is 298 g/mol. The van der Waals surface area contributed by atoms with Gasteiger partial charge in [-0.1, -0.05) is 6.07 Å². The minimum Gasteiger partial charge on any atom is -0.389 e. The standard InChI is InChI=1S/C13H18N2O2S2/c1-15(7-11(16)8-17-2)6-10-9-19-13(14-10)12-4-3-5-18-12/h3-5,9,11,16H,6-8H2,1-2H3. The minimum absolute atomic E-state index is 0.363. The molecule has 0 amide bonds. The quantitative estimate of drug-likeness (QED) is 0.852. The molecule has 0 aliphatic rings. The molecule has 0 saturated carbocycles. The highest BCUT2D eigenvalue weighted by Gasteiger charge is 2.11. The van der Waals surface area contributed by atoms with Crippen molar-refractivity contribution in [3.05, 3.63) is 28.6 Å². The van der Waals surface area contributed by atoms with E-state index >= 15 is 0 Å². The summed E-state index contributed by atoms with van der Waals surface area (Å²) in [5, 5.41) is 14.9. The highest BCUT2D eigenvalue weighted by molar-refractivity contribution is 7.20. The lowest BCUT2D eigenvalue weighted by Crippen LogP contribution is -2.31. The maximum Gasteiger partial charge on any atom is 0.133 e. The first kappa shape index (κ1) is 14.6. The fourth-order valence-corrected chi connectivity index (χ4v) is 3.46. The van der Waals surface area contributed by atoms with Gasteiger partial charge in [0.1, 0.15) is 5.01 Å². The van der Waals surface area contributed by atoms with Crippen LogP contribution in [0.3, 0.4) is 0 Å². The number of nitrogens with zero attached hydrogens (tertiary/aromatic N) is 2. The Morgan fingerprint density at radius 2 is 2.32 bits per heavy atom. The van der Waals surface area contributed by atoms with Crippen LogP contribution in [0.25, 0.3) is 9.88 Å². The van der Waals surface area contributed by atoms with Crippen LogP contribution in [0.15, 0.2) is 22.9 Å². The van der Waals surface area contributed by atoms with E-state index < -0.39 is 6.10 Å². The summed E-state index contributed by atoms with van der Waals surface area (Å²) < 4.78 is 4.92. The highest BCUT2D eigenvalue weighted by Crippen LogP contribution is 2.27. The van der Waals surface area contributed by atoms with Gasteiger partial charge in [0.05, 0.1) is 23.3 Å². The maximum absolute atomic E-state index is 9.67. The molecule has 2 heterocycles. The van der Waals surface area contributed by atoms with Gasteiger partial charge in [-0.3, -0.25) is 4.90 Å². The molecule has 2 aromatic heterocycles. The van der Waals surface area contributed by atoms with E-state index in [1.165, 1.54) is 4.88 Å². The molecular formula is C13H18N2O2S2. The molecule has 2 aromatic rings. The van der Waals surface area contributed by atoms with E-state index in [-0.39, 0.29) is 0 Å². The largest absolute Gasteiger partial charge is 0.389 e. The Morgan fingerprint density at radius 1 is 1.47 bits per heavy atom. The summed E-state index contributed by atoms with van der Waals surface area (Å²) in [6, 6.07) is 4.12. The van der Waals surface area contributed by atoms with Crippen molar-refractivity contribution < 1.29 is 9.84 Å². The SMILES string of the molecule is COCC(O)CN(C)Cc1csc(-c2cccs2)n1. The minimum atomic E-state index is -0.453. The maximum atomic E-state index is 9.67. The Bertz CT molecular complexity index is 485. The van der Waals surface area contributed by atoms with E-state index in [2.05, 4.69) is 26.7 Å². The van der Waals surface area contributed by atoms with Gasteiger partial charge < -0.3 is 9.84 Å². The third-order valence-electron chi connectivity index (χ3n) is 2.60. The topological polar surface area (TPSA) is 45.6 Å². The molecule has 0 aromatic carbocycles. The number of hydrogen-bond acceptors (Lipinski definition) is 6. The smallest absolute Gasteiger partial charge is 0.133 e. The molecule has 1 N–H and O–H groups in total. The average Bonchev–Trinajstić information content (AvgIpc) is 2.98. The Morgan fingerprint density at radius 3 is 3.00 bits per heavy atom. The molecule has 0 aliphatic heterocycles. The zero-order valence-corrected chi connectivity index (χ0v) is 12.7. The van der Waals surface area contributed by atoms with Crippen LogP contribution in [0.5, 0.6) is 0 Å². The molecule has 2 rings (SSSR count). The number of aliphatic hydroxyl groups excluding tert-OH is 1. The van der Waals surface area contributed by atoms with Gasteiger partial charge in [-0.05, 0) is 18.5 Å². The molecule has 0 fully saturated rings. The molecule has 0 saturated heterocycles. The van der Waals surface area contributed by atoms with Gasteiger partial charge >= 0.3 is 0 Å². The zero-order valence-electron chi connectivity index (χ0n) is 11.1. The van der Waals surface area contributed by atoms with E-state index in [4.69, 9.17) is 4.74 Å². The Labute approximate surface area is 121 Å². The van der Waals surface area contributed by atoms with Crippen LogP contribution < -0.4 is 0 Å². The van der Waals surface area contributed by atoms with Gasteiger partial charge in [-0.15, -0.1) is 22.7 Å². The second-order valence-corrected chi connectivity index (χ2v) is 6.23. The van der Waals surface area contributed by atoms with E-state index in [9.17, 15) is 5.11 Å². The second-order valence-electron chi connectivity index (χ2n) is 4.43. The molecule has 0 aliphatic carbocycles. The van der Waals surface area contributed by atoms with Crippen molar-refractivity contribution in [1.29, 1.82) is 0 Å². The number of ether oxygens (including phenoxy) is 1. The molecule has 0 spiro atoms. The zero-order chi connectivity index (χ0) is 13.7. The predicted molar refractivity (Wildman–Crippen MR) is 79.6 cm³/mol. The number of rotatable bonds is 7. The summed E-state index contributed by atoms with van der Waals surface area (Å²) >= 11 is 3.37. The fraction of sp³-hybridized carbons (Fsp3) is 0.462. The highest BCUT2D eigenvalue weighted by atomic mass is 32.1. The van der Waals surface area contributed by atoms with E-state index in [1.807, 2.05) is 13.1 Å². The lowest BCUT2D eigenvalue weighted by Gasteiger charge is -2.18. The second kappa shape index (κ2) is 7.12. The molecule has 1 atom stereocenters. The molecule has 0 bridgehead atoms. The normalized spacial score (nSPS) is 13.1. The van der Waals surface area contributed by atoms with Crippen LogP contribution >= 0.6 is 22.7 Å². The first-order valence-electron chi connectivity index (χ1n) is 6.03. The van der Waals surface area contributed by atoms with Crippen LogP contribution in [0, 0.1) is 0 Å². The van der Waals surface area contributed by atoms with Crippen molar-refractivity contribution >= 4 is 22.7 Å². The molecule has 6 heteroatoms. The van der Waals surface area contributed by atoms with E-state index in [0.29, 0.717) is 13.2 Å². The first-order chi connectivity index (χ1) is 9.19. The summed E-state index contributed by atoms with van der Waals surface area (Å²) in [6.45, 7) is 1.68. The monoisotopic (exact) mass is 298 g/mol. The predicted octanol–water partition coefficient (Wildman–Crippen LogP) is 2.31. The number of hydrogen-bond donors (Lipinski definition) is 1. The summed E-state index contributed by atoms with van der Waals surface area (Å²) in [4.78, 5) is 7.88. The lowest BCUT2D eigenvalue weighted by molar-refractivity contribution is 0.0417. The number of aromatic nitrogens is 1. The van der Waals surface area contributed by atoms with Gasteiger partial charge in [-0.2, -0.15) is 0 Å². The molecule has 104 valence electrons. The first-order valence-corrected chi connectivity index (χ1v) is 7.79.